The van der Waals surface area contributed by atoms with E-state index < -0.39 is 0 Å². The number of amides is 1. The van der Waals surface area contributed by atoms with Crippen LogP contribution in [0.3, 0.4) is 0 Å². The fraction of sp³-hybridized carbons (Fsp3) is 0.529. The maximum absolute atomic E-state index is 12.5. The number of hydrogen-bond donors (Lipinski definition) is 1. The number of ether oxygens (including phenoxy) is 1. The standard InChI is InChI=1S/C17H21N3O2S/c1-20-10-18-9-13(20)14-8-12(5-6-22-14)19-17(21)16-7-11-3-2-4-15(11)23-16/h7,9-10,12,14H,2-6,8H2,1H3,(H,19,21)/t12-,14+/m1/s1. The van der Waals surface area contributed by atoms with Crippen molar-refractivity contribution < 1.29 is 9.53 Å². The van der Waals surface area contributed by atoms with Crippen molar-refractivity contribution in [1.82, 2.24) is 14.9 Å². The Morgan fingerprint density at radius 3 is 3.17 bits per heavy atom. The summed E-state index contributed by atoms with van der Waals surface area (Å²) in [5, 5.41) is 3.20. The van der Waals surface area contributed by atoms with Crippen LogP contribution in [0.25, 0.3) is 0 Å². The van der Waals surface area contributed by atoms with Gasteiger partial charge in [0.15, 0.2) is 0 Å². The van der Waals surface area contributed by atoms with Gasteiger partial charge in [-0.2, -0.15) is 0 Å². The molecule has 4 rings (SSSR count). The number of nitrogens with one attached hydrogen (secondary N) is 1. The lowest BCUT2D eigenvalue weighted by Gasteiger charge is -2.30. The lowest BCUT2D eigenvalue weighted by Crippen LogP contribution is -2.39. The molecule has 0 radical (unpaired) electrons. The summed E-state index contributed by atoms with van der Waals surface area (Å²) in [6.45, 7) is 0.668. The highest BCUT2D eigenvalue weighted by molar-refractivity contribution is 7.14. The number of carbonyl (C=O) groups is 1. The largest absolute Gasteiger partial charge is 0.372 e. The molecule has 2 aromatic rings. The number of fused-ring (bicyclic) bond motifs is 1. The summed E-state index contributed by atoms with van der Waals surface area (Å²) in [5.74, 6) is 0.0695. The number of hydrogen-bond acceptors (Lipinski definition) is 4. The third-order valence-electron chi connectivity index (χ3n) is 4.77. The predicted molar refractivity (Wildman–Crippen MR) is 88.7 cm³/mol. The number of thiophene rings is 1. The minimum atomic E-state index is 0.00916. The molecule has 1 N–H and O–H groups in total. The number of rotatable bonds is 3. The molecular weight excluding hydrogens is 310 g/mol. The van der Waals surface area contributed by atoms with Gasteiger partial charge in [0, 0.05) is 24.6 Å². The van der Waals surface area contributed by atoms with Crippen molar-refractivity contribution in [2.75, 3.05) is 6.61 Å². The Balaban J connectivity index is 1.41. The summed E-state index contributed by atoms with van der Waals surface area (Å²) < 4.78 is 7.85. The SMILES string of the molecule is Cn1cncc1[C@@H]1C[C@H](NC(=O)c2cc3c(s2)CCC3)CCO1. The molecule has 1 saturated heterocycles. The van der Waals surface area contributed by atoms with E-state index in [-0.39, 0.29) is 18.1 Å². The van der Waals surface area contributed by atoms with Crippen LogP contribution in [0.15, 0.2) is 18.6 Å². The molecule has 0 spiro atoms. The van der Waals surface area contributed by atoms with E-state index in [0.717, 1.165) is 36.3 Å². The summed E-state index contributed by atoms with van der Waals surface area (Å²) in [5.41, 5.74) is 2.44. The van der Waals surface area contributed by atoms with Crippen LogP contribution >= 0.6 is 11.3 Å². The molecule has 0 bridgehead atoms. The summed E-state index contributed by atoms with van der Waals surface area (Å²) in [4.78, 5) is 18.9. The van der Waals surface area contributed by atoms with Gasteiger partial charge >= 0.3 is 0 Å². The molecule has 1 aliphatic carbocycles. The Morgan fingerprint density at radius 1 is 1.48 bits per heavy atom. The molecule has 3 heterocycles. The van der Waals surface area contributed by atoms with Crippen LogP contribution in [0.1, 0.15) is 51.2 Å². The van der Waals surface area contributed by atoms with E-state index in [1.165, 1.54) is 16.9 Å². The van der Waals surface area contributed by atoms with Gasteiger partial charge in [0.2, 0.25) is 0 Å². The Morgan fingerprint density at radius 2 is 2.39 bits per heavy atom. The second-order valence-corrected chi connectivity index (χ2v) is 7.53. The fourth-order valence-electron chi connectivity index (χ4n) is 3.51. The number of aryl methyl sites for hydroxylation is 3. The molecule has 1 fully saturated rings. The number of carbonyl (C=O) groups excluding carboxylic acids is 1. The molecule has 5 nitrogen and oxygen atoms in total. The molecular formula is C17H21N3O2S. The first-order valence-electron chi connectivity index (χ1n) is 8.21. The van der Waals surface area contributed by atoms with Crippen molar-refractivity contribution in [3.63, 3.8) is 0 Å². The van der Waals surface area contributed by atoms with E-state index in [1.54, 1.807) is 17.7 Å². The first kappa shape index (κ1) is 14.9. The first-order valence-corrected chi connectivity index (χ1v) is 9.02. The van der Waals surface area contributed by atoms with E-state index in [9.17, 15) is 4.79 Å². The molecule has 1 aliphatic heterocycles. The van der Waals surface area contributed by atoms with Crippen LogP contribution in [0.5, 0.6) is 0 Å². The Kier molecular flexibility index (Phi) is 3.95. The molecule has 23 heavy (non-hydrogen) atoms. The minimum absolute atomic E-state index is 0.00916. The monoisotopic (exact) mass is 331 g/mol. The smallest absolute Gasteiger partial charge is 0.261 e. The van der Waals surface area contributed by atoms with E-state index in [1.807, 2.05) is 17.8 Å². The van der Waals surface area contributed by atoms with E-state index in [2.05, 4.69) is 16.4 Å². The topological polar surface area (TPSA) is 56.2 Å². The Labute approximate surface area is 139 Å². The van der Waals surface area contributed by atoms with Crippen molar-refractivity contribution in [3.05, 3.63) is 39.6 Å². The number of nitrogens with zero attached hydrogens (tertiary/aromatic N) is 2. The highest BCUT2D eigenvalue weighted by Crippen LogP contribution is 2.31. The van der Waals surface area contributed by atoms with Crippen molar-refractivity contribution in [2.24, 2.45) is 7.05 Å². The van der Waals surface area contributed by atoms with Gasteiger partial charge in [-0.3, -0.25) is 4.79 Å². The van der Waals surface area contributed by atoms with Crippen LogP contribution in [-0.4, -0.2) is 28.1 Å². The third-order valence-corrected chi connectivity index (χ3v) is 6.01. The van der Waals surface area contributed by atoms with E-state index in [0.29, 0.717) is 6.61 Å². The van der Waals surface area contributed by atoms with Crippen molar-refractivity contribution in [1.29, 1.82) is 0 Å². The molecule has 1 amide bonds. The molecule has 122 valence electrons. The lowest BCUT2D eigenvalue weighted by atomic mass is 10.0. The van der Waals surface area contributed by atoms with Gasteiger partial charge in [-0.1, -0.05) is 0 Å². The zero-order chi connectivity index (χ0) is 15.8. The van der Waals surface area contributed by atoms with E-state index >= 15 is 0 Å². The quantitative estimate of drug-likeness (QED) is 0.940. The number of imidazole rings is 1. The molecule has 6 heteroatoms. The Bertz CT molecular complexity index is 700. The minimum Gasteiger partial charge on any atom is -0.372 e. The van der Waals surface area contributed by atoms with Crippen LogP contribution in [0.2, 0.25) is 0 Å². The van der Waals surface area contributed by atoms with Crippen LogP contribution in [-0.2, 0) is 24.6 Å². The van der Waals surface area contributed by atoms with Crippen LogP contribution in [0, 0.1) is 0 Å². The van der Waals surface area contributed by atoms with Crippen LogP contribution in [0.4, 0.5) is 0 Å². The summed E-state index contributed by atoms with van der Waals surface area (Å²) >= 11 is 1.66. The molecule has 2 aliphatic rings. The predicted octanol–water partition coefficient (Wildman–Crippen LogP) is 2.62. The normalized spacial score (nSPS) is 23.7. The van der Waals surface area contributed by atoms with Crippen molar-refractivity contribution in [2.45, 2.75) is 44.2 Å². The second kappa shape index (κ2) is 6.09. The zero-order valence-corrected chi connectivity index (χ0v) is 14.1. The number of aromatic nitrogens is 2. The van der Waals surface area contributed by atoms with Gasteiger partial charge in [0.25, 0.3) is 5.91 Å². The van der Waals surface area contributed by atoms with Gasteiger partial charge in [-0.05, 0) is 43.7 Å². The van der Waals surface area contributed by atoms with Gasteiger partial charge in [-0.15, -0.1) is 11.3 Å². The first-order chi connectivity index (χ1) is 11.2. The molecule has 0 unspecified atom stereocenters. The van der Waals surface area contributed by atoms with Gasteiger partial charge in [-0.25, -0.2) is 4.98 Å². The van der Waals surface area contributed by atoms with Crippen molar-refractivity contribution in [3.8, 4) is 0 Å². The lowest BCUT2D eigenvalue weighted by molar-refractivity contribution is -0.00298. The Hall–Kier alpha value is -1.66. The average Bonchev–Trinajstić information content (AvgIpc) is 3.22. The maximum atomic E-state index is 12.5. The maximum Gasteiger partial charge on any atom is 0.261 e. The molecule has 0 saturated carbocycles. The molecule has 0 aromatic carbocycles. The van der Waals surface area contributed by atoms with Gasteiger partial charge in [0.1, 0.15) is 6.10 Å². The highest BCUT2D eigenvalue weighted by Gasteiger charge is 2.28. The highest BCUT2D eigenvalue weighted by atomic mass is 32.1. The fourth-order valence-corrected chi connectivity index (χ4v) is 4.67. The van der Waals surface area contributed by atoms with Gasteiger partial charge < -0.3 is 14.6 Å². The summed E-state index contributed by atoms with van der Waals surface area (Å²) in [7, 11) is 1.97. The summed E-state index contributed by atoms with van der Waals surface area (Å²) in [6, 6.07) is 2.24. The summed E-state index contributed by atoms with van der Waals surface area (Å²) in [6.07, 6.45) is 8.80. The third kappa shape index (κ3) is 2.93. The second-order valence-electron chi connectivity index (χ2n) is 6.40. The van der Waals surface area contributed by atoms with Crippen LogP contribution < -0.4 is 5.32 Å². The van der Waals surface area contributed by atoms with Crippen molar-refractivity contribution >= 4 is 17.2 Å². The molecule has 2 aromatic heterocycles. The van der Waals surface area contributed by atoms with E-state index in [4.69, 9.17) is 4.74 Å². The molecule has 2 atom stereocenters. The van der Waals surface area contributed by atoms with Gasteiger partial charge in [0.05, 0.1) is 23.1 Å². The zero-order valence-electron chi connectivity index (χ0n) is 13.2. The average molecular weight is 331 g/mol.